The molecule has 0 aromatic heterocycles. The molecule has 0 aliphatic carbocycles. The summed E-state index contributed by atoms with van der Waals surface area (Å²) in [5.74, 6) is 0. The van der Waals surface area contributed by atoms with Crippen molar-refractivity contribution >= 4 is 97.1 Å². The molecule has 11 heavy (non-hydrogen) atoms. The summed E-state index contributed by atoms with van der Waals surface area (Å²) in [5, 5.41) is 0. The predicted molar refractivity (Wildman–Crippen MR) is 26.8 cm³/mol. The summed E-state index contributed by atoms with van der Waals surface area (Å²) in [6, 6.07) is 0. The van der Waals surface area contributed by atoms with Gasteiger partial charge in [0.05, 0.1) is 0 Å². The van der Waals surface area contributed by atoms with Crippen molar-refractivity contribution in [3.05, 3.63) is 0 Å². The molecule has 0 spiro atoms. The molecule has 1 radical (unpaired) electrons. The van der Waals surface area contributed by atoms with Crippen LogP contribution < -0.4 is 14.7 Å². The zero-order valence-corrected chi connectivity index (χ0v) is 15.4. The Labute approximate surface area is 153 Å². The number of phosphoric acid groups is 1. The van der Waals surface area contributed by atoms with E-state index in [1.165, 1.54) is 0 Å². The van der Waals surface area contributed by atoms with E-state index >= 15 is 0 Å². The summed E-state index contributed by atoms with van der Waals surface area (Å²) >= 11 is 0. The molecule has 51 valence electrons. The van der Waals surface area contributed by atoms with E-state index < -0.39 is 7.82 Å². The van der Waals surface area contributed by atoms with Gasteiger partial charge in [0, 0.05) is 0 Å². The Hall–Kier alpha value is 3.98. The Morgan fingerprint density at radius 1 is 1.09 bits per heavy atom. The van der Waals surface area contributed by atoms with Crippen molar-refractivity contribution in [2.45, 2.75) is 0 Å². The molecule has 1 N–H and O–H groups in total. The molecule has 0 aromatic carbocycles. The second kappa shape index (κ2) is 23.6. The van der Waals surface area contributed by atoms with Crippen LogP contribution >= 0.6 is 7.82 Å². The smallest absolute Gasteiger partial charge is 0.870 e. The first-order chi connectivity index (χ1) is 2.00. The Balaban J connectivity index is -0.00000000533. The van der Waals surface area contributed by atoms with Crippen LogP contribution in [0.4, 0.5) is 0 Å². The van der Waals surface area contributed by atoms with Gasteiger partial charge in [-0.15, -0.1) is 0 Å². The van der Waals surface area contributed by atoms with E-state index in [4.69, 9.17) is 19.2 Å². The molecule has 0 fully saturated rings. The third-order valence-electron chi connectivity index (χ3n) is 0. The second-order valence-corrected chi connectivity index (χ2v) is 1.34. The molecular weight excluding hydrogens is 410 g/mol. The van der Waals surface area contributed by atoms with Gasteiger partial charge in [-0.1, -0.05) is 0 Å². The number of rotatable bonds is 0. The molecule has 0 bridgehead atoms. The van der Waals surface area contributed by atoms with Crippen molar-refractivity contribution in [2.24, 2.45) is 0 Å². The van der Waals surface area contributed by atoms with Crippen LogP contribution in [0.15, 0.2) is 0 Å². The standard InChI is InChI=1S/Al.Ba.Fe.Mg.Mn.H3O4P.H2O/c;;;;;1-5(2,3)4;/h;;;;;(H3,1,2,3,4);1H2/q+3;4*+2;;/p-4. The van der Waals surface area contributed by atoms with Crippen LogP contribution in [0.2, 0.25) is 0 Å². The van der Waals surface area contributed by atoms with Gasteiger partial charge in [0.2, 0.25) is 0 Å². The van der Waals surface area contributed by atoms with E-state index in [1.54, 1.807) is 0 Å². The normalized spacial score (nSPS) is 5.36. The molecule has 0 rings (SSSR count). The quantitative estimate of drug-likeness (QED) is 0.296. The van der Waals surface area contributed by atoms with Gasteiger partial charge in [0.15, 0.2) is 0 Å². The van der Waals surface area contributed by atoms with Crippen molar-refractivity contribution in [1.82, 2.24) is 0 Å². The molecule has 0 aliphatic heterocycles. The van der Waals surface area contributed by atoms with Gasteiger partial charge >= 0.3 is 123 Å². The third kappa shape index (κ3) is 127. The molecule has 0 saturated carbocycles. The van der Waals surface area contributed by atoms with Crippen LogP contribution in [0.1, 0.15) is 0 Å². The Kier molecular flexibility index (Phi) is 98.8. The molecule has 0 aliphatic rings. The van der Waals surface area contributed by atoms with Crippen molar-refractivity contribution in [3.8, 4) is 0 Å². The molecule has 11 heteroatoms. The minimum absolute atomic E-state index is 0. The molecule has 0 saturated heterocycles. The largest absolute Gasteiger partial charge is 3.00 e. The summed E-state index contributed by atoms with van der Waals surface area (Å²) in [6.45, 7) is 0. The number of hydrogen-bond acceptors (Lipinski definition) is 5. The van der Waals surface area contributed by atoms with Gasteiger partial charge in [-0.3, -0.25) is 0 Å². The first-order valence-electron chi connectivity index (χ1n) is 0.730. The second-order valence-electron chi connectivity index (χ2n) is 0.447. The average molecular weight is 411 g/mol. The topological polar surface area (TPSA) is 116 Å². The minimum Gasteiger partial charge on any atom is -0.870 e. The maximum Gasteiger partial charge on any atom is 3.00 e. The van der Waals surface area contributed by atoms with E-state index in [9.17, 15) is 0 Å². The van der Waals surface area contributed by atoms with Crippen molar-refractivity contribution < 1.29 is 58.9 Å². The van der Waals surface area contributed by atoms with E-state index in [0.29, 0.717) is 0 Å². The molecule has 0 amide bonds. The predicted octanol–water partition coefficient (Wildman–Crippen LogP) is -4.15. The van der Waals surface area contributed by atoms with Crippen molar-refractivity contribution in [2.75, 3.05) is 0 Å². The van der Waals surface area contributed by atoms with E-state index in [0.717, 1.165) is 0 Å². The Bertz CT molecular complexity index is 72.6. The molecule has 0 aromatic rings. The third-order valence-corrected chi connectivity index (χ3v) is 0. The molecular formula is HAlBaFeMgMnO5P+7. The fourth-order valence-corrected chi connectivity index (χ4v) is 0. The zero-order valence-electron chi connectivity index (χ0n) is 5.25. The average Bonchev–Trinajstić information content (AvgIpc) is 0.722. The fourth-order valence-electron chi connectivity index (χ4n) is 0. The summed E-state index contributed by atoms with van der Waals surface area (Å²) in [6.07, 6.45) is 0. The minimum atomic E-state index is -5.39. The van der Waals surface area contributed by atoms with Crippen LogP contribution in [0, 0.1) is 0 Å². The Morgan fingerprint density at radius 3 is 1.09 bits per heavy atom. The Morgan fingerprint density at radius 2 is 1.09 bits per heavy atom. The first-order valence-corrected chi connectivity index (χ1v) is 2.19. The first kappa shape index (κ1) is 46.0. The number of hydrogen-bond donors (Lipinski definition) is 0. The maximum absolute atomic E-state index is 8.55. The van der Waals surface area contributed by atoms with Gasteiger partial charge in [-0.05, 0) is 0 Å². The summed E-state index contributed by atoms with van der Waals surface area (Å²) in [7, 11) is -5.39. The van der Waals surface area contributed by atoms with Crippen molar-refractivity contribution in [3.63, 3.8) is 0 Å². The van der Waals surface area contributed by atoms with Gasteiger partial charge in [0.1, 0.15) is 0 Å². The molecule has 5 nitrogen and oxygen atoms in total. The summed E-state index contributed by atoms with van der Waals surface area (Å²) in [4.78, 5) is 25.6. The molecule has 0 unspecified atom stereocenters. The van der Waals surface area contributed by atoms with E-state index in [2.05, 4.69) is 0 Å². The monoisotopic (exact) mass is 412 g/mol. The van der Waals surface area contributed by atoms with Crippen LogP contribution in [-0.4, -0.2) is 94.8 Å². The van der Waals surface area contributed by atoms with Gasteiger partial charge in [-0.25, -0.2) is 0 Å². The SMILES string of the molecule is O=P([O-])([O-])[O-].[Al+3].[Ba+2].[Fe+2].[Mg+2].[Mn+2].[OH-]. The van der Waals surface area contributed by atoms with E-state index in [1.807, 2.05) is 0 Å². The summed E-state index contributed by atoms with van der Waals surface area (Å²) < 4.78 is 8.55. The zero-order chi connectivity index (χ0) is 4.50. The van der Waals surface area contributed by atoms with E-state index in [-0.39, 0.29) is 129 Å². The van der Waals surface area contributed by atoms with Gasteiger partial charge in [0.25, 0.3) is 0 Å². The van der Waals surface area contributed by atoms with Gasteiger partial charge < -0.3 is 24.7 Å². The maximum atomic E-state index is 8.55. The van der Waals surface area contributed by atoms with Crippen LogP contribution in [0.3, 0.4) is 0 Å². The molecule has 0 heterocycles. The van der Waals surface area contributed by atoms with Crippen LogP contribution in [0.25, 0.3) is 0 Å². The van der Waals surface area contributed by atoms with Crippen LogP contribution in [-0.2, 0) is 38.7 Å². The summed E-state index contributed by atoms with van der Waals surface area (Å²) in [5.41, 5.74) is 0. The molecule has 0 atom stereocenters. The van der Waals surface area contributed by atoms with Gasteiger partial charge in [-0.2, -0.15) is 7.82 Å². The van der Waals surface area contributed by atoms with Crippen LogP contribution in [0.5, 0.6) is 0 Å². The fraction of sp³-hybridized carbons (Fsp3) is 0. The van der Waals surface area contributed by atoms with Crippen molar-refractivity contribution in [1.29, 1.82) is 0 Å².